The summed E-state index contributed by atoms with van der Waals surface area (Å²) in [7, 11) is 0. The van der Waals surface area contributed by atoms with Crippen LogP contribution in [0.2, 0.25) is 0 Å². The van der Waals surface area contributed by atoms with Crippen molar-refractivity contribution in [1.82, 2.24) is 0 Å². The first-order chi connectivity index (χ1) is 28.0. The monoisotopic (exact) mass is 906 g/mol. The molecule has 0 amide bonds. The second-order valence-electron chi connectivity index (χ2n) is 20.6. The van der Waals surface area contributed by atoms with Gasteiger partial charge in [-0.05, 0) is 0 Å². The van der Waals surface area contributed by atoms with E-state index in [1.54, 1.807) is 36.6 Å². The van der Waals surface area contributed by atoms with E-state index < -0.39 is 21.3 Å². The maximum atomic E-state index is 2.92. The summed E-state index contributed by atoms with van der Waals surface area (Å²) < 4.78 is 3.58. The van der Waals surface area contributed by atoms with Gasteiger partial charge in [-0.15, -0.1) is 0 Å². The van der Waals surface area contributed by atoms with E-state index in [2.05, 4.69) is 159 Å². The molecular formula is C57H62Cl2Zr. The normalized spacial score (nSPS) is 30.3. The number of halogens is 2. The van der Waals surface area contributed by atoms with E-state index in [-0.39, 0.29) is 27.9 Å². The van der Waals surface area contributed by atoms with Crippen molar-refractivity contribution >= 4 is 14.0 Å². The average molecular weight is 909 g/mol. The van der Waals surface area contributed by atoms with Gasteiger partial charge in [-0.3, -0.25) is 0 Å². The van der Waals surface area contributed by atoms with Gasteiger partial charge in [-0.25, -0.2) is 0 Å². The molecule has 12 rings (SSSR count). The van der Waals surface area contributed by atoms with Crippen LogP contribution in [0.25, 0.3) is 21.9 Å². The Bertz CT molecular complexity index is 2550. The molecule has 0 heterocycles. The van der Waals surface area contributed by atoms with Crippen LogP contribution in [-0.4, -0.2) is 3.21 Å². The summed E-state index contributed by atoms with van der Waals surface area (Å²) in [6, 6.07) is 35.7. The van der Waals surface area contributed by atoms with E-state index in [4.69, 9.17) is 0 Å². The molecule has 7 aliphatic rings. The molecule has 0 aromatic heterocycles. The minimum absolute atomic E-state index is 0. The molecule has 4 bridgehead atoms. The van der Waals surface area contributed by atoms with Crippen molar-refractivity contribution in [2.24, 2.45) is 35.0 Å². The second-order valence-corrected chi connectivity index (χ2v) is 27.8. The van der Waals surface area contributed by atoms with Gasteiger partial charge in [0.25, 0.3) is 0 Å². The van der Waals surface area contributed by atoms with Crippen LogP contribution in [0.5, 0.6) is 0 Å². The van der Waals surface area contributed by atoms with E-state index in [0.717, 1.165) is 24.2 Å². The van der Waals surface area contributed by atoms with Crippen molar-refractivity contribution in [3.05, 3.63) is 162 Å². The van der Waals surface area contributed by atoms with Crippen LogP contribution in [0.1, 0.15) is 141 Å². The van der Waals surface area contributed by atoms with Crippen molar-refractivity contribution in [3.8, 4) is 11.1 Å². The number of hydrogen-bond acceptors (Lipinski definition) is 0. The van der Waals surface area contributed by atoms with Gasteiger partial charge in [-0.1, -0.05) is 0 Å². The Morgan fingerprint density at radius 3 is 1.78 bits per heavy atom. The summed E-state index contributed by atoms with van der Waals surface area (Å²) in [5.74, 6) is 4.80. The molecular weight excluding hydrogens is 847 g/mol. The molecule has 0 aliphatic heterocycles. The third kappa shape index (κ3) is 6.01. The number of benzene rings is 5. The summed E-state index contributed by atoms with van der Waals surface area (Å²) in [5, 5.41) is 2.99. The fraction of sp³-hybridized carbons (Fsp3) is 0.421. The van der Waals surface area contributed by atoms with Gasteiger partial charge in [0.1, 0.15) is 0 Å². The smallest absolute Gasteiger partial charge is 1.00 e. The summed E-state index contributed by atoms with van der Waals surface area (Å²) >= 11 is -3.05. The number of allylic oxidation sites excluding steroid dienone is 4. The first-order valence-electron chi connectivity index (χ1n) is 23.0. The third-order valence-corrected chi connectivity index (χ3v) is 27.2. The van der Waals surface area contributed by atoms with E-state index in [1.807, 2.05) is 3.28 Å². The first kappa shape index (κ1) is 42.5. The molecule has 0 saturated heterocycles. The van der Waals surface area contributed by atoms with E-state index in [0.29, 0.717) is 29.1 Å². The van der Waals surface area contributed by atoms with Crippen LogP contribution in [0.4, 0.5) is 0 Å². The Labute approximate surface area is 380 Å². The van der Waals surface area contributed by atoms with Crippen molar-refractivity contribution < 1.29 is 46.1 Å². The Hall–Kier alpha value is -2.83. The predicted molar refractivity (Wildman–Crippen MR) is 243 cm³/mol. The molecule has 4 fully saturated rings. The van der Waals surface area contributed by atoms with Gasteiger partial charge < -0.3 is 24.8 Å². The van der Waals surface area contributed by atoms with Crippen LogP contribution in [-0.2, 0) is 24.4 Å². The van der Waals surface area contributed by atoms with Crippen LogP contribution < -0.4 is 24.8 Å². The van der Waals surface area contributed by atoms with E-state index in [1.165, 1.54) is 82.7 Å². The fourth-order valence-electron chi connectivity index (χ4n) is 15.0. The van der Waals surface area contributed by atoms with Crippen LogP contribution in [0.3, 0.4) is 0 Å². The zero-order chi connectivity index (χ0) is 39.8. The Morgan fingerprint density at radius 2 is 1.20 bits per heavy atom. The summed E-state index contributed by atoms with van der Waals surface area (Å²) in [4.78, 5) is 0. The Morgan fingerprint density at radius 1 is 0.650 bits per heavy atom. The summed E-state index contributed by atoms with van der Waals surface area (Å²) in [5.41, 5.74) is 19.3. The Balaban J connectivity index is 0.00000231. The molecule has 0 spiro atoms. The molecule has 7 aliphatic carbocycles. The molecule has 0 N–H and O–H groups in total. The molecule has 60 heavy (non-hydrogen) atoms. The topological polar surface area (TPSA) is 0 Å². The quantitative estimate of drug-likeness (QED) is 0.166. The zero-order valence-electron chi connectivity index (χ0n) is 37.1. The minimum atomic E-state index is -3.05. The Kier molecular flexibility index (Phi) is 10.9. The van der Waals surface area contributed by atoms with Gasteiger partial charge in [0, 0.05) is 0 Å². The SMILES string of the molecule is Cc1cc2c(c(C)c1C)C(C)c1c3c(c4ccccc4c1-2)C(C)C(C)C(C)[C]3(C)[Zr+2]([C]1=CC(C23CC4CC(CC(C4)C2)C3)=CC1)=[C](c1ccccc1)c1ccccc1.[Cl-].[Cl-]. The molecule has 0 radical (unpaired) electrons. The van der Waals surface area contributed by atoms with Gasteiger partial charge in [0.2, 0.25) is 0 Å². The van der Waals surface area contributed by atoms with E-state index >= 15 is 0 Å². The van der Waals surface area contributed by atoms with Gasteiger partial charge in [-0.2, -0.15) is 0 Å². The van der Waals surface area contributed by atoms with Crippen molar-refractivity contribution in [2.75, 3.05) is 0 Å². The van der Waals surface area contributed by atoms with Gasteiger partial charge in [0.05, 0.1) is 0 Å². The first-order valence-corrected chi connectivity index (χ1v) is 26.7. The number of rotatable bonds is 5. The molecule has 0 nitrogen and oxygen atoms in total. The molecule has 5 atom stereocenters. The molecule has 308 valence electrons. The maximum absolute atomic E-state index is 3.05. The molecule has 5 aromatic carbocycles. The zero-order valence-corrected chi connectivity index (χ0v) is 41.0. The number of aryl methyl sites for hydroxylation is 1. The van der Waals surface area contributed by atoms with Crippen LogP contribution >= 0.6 is 0 Å². The number of hydrogen-bond donors (Lipinski definition) is 0. The van der Waals surface area contributed by atoms with Crippen molar-refractivity contribution in [3.63, 3.8) is 0 Å². The van der Waals surface area contributed by atoms with Gasteiger partial charge >= 0.3 is 359 Å². The summed E-state index contributed by atoms with van der Waals surface area (Å²) in [6.07, 6.45) is 15.7. The number of fused-ring (bicyclic) bond motifs is 8. The molecule has 5 aromatic rings. The van der Waals surface area contributed by atoms with E-state index in [9.17, 15) is 0 Å². The third-order valence-electron chi connectivity index (χ3n) is 17.8. The van der Waals surface area contributed by atoms with Crippen LogP contribution in [0.15, 0.2) is 112 Å². The second kappa shape index (κ2) is 15.5. The average Bonchev–Trinajstić information content (AvgIpc) is 3.83. The van der Waals surface area contributed by atoms with Crippen molar-refractivity contribution in [1.29, 1.82) is 0 Å². The largest absolute Gasteiger partial charge is 1.00 e. The molecule has 5 unspecified atom stereocenters. The molecule has 3 heteroatoms. The minimum Gasteiger partial charge on any atom is -1.00 e. The standard InChI is InChI=1S/C29H33.C15H19.C13H10.2ClH.Zr/c1-14-13-24-25(18(5)15(14)2)21(8)28-27-20(7)17(4)16(3)19(6)26(27)22-11-9-10-12-23(22)29(24)28;1-2-4-14(3-1)15-8-11-5-12(9-15)7-13(6-11)10-15;1-3-7-12(8-4-1)11-13-9-5-2-6-10-13;;;/h9-13,16-17,19,21H,1-8H3;3-4,11-13H,1,5-10H2;1-10H;2*1H;/q;;;;;+2/p-2. The predicted octanol–water partition coefficient (Wildman–Crippen LogP) is 8.83. The van der Waals surface area contributed by atoms with Crippen molar-refractivity contribution in [2.45, 2.75) is 115 Å². The maximum Gasteiger partial charge on any atom is -1.00 e. The fourth-order valence-corrected chi connectivity index (χ4v) is 25.5. The molecule has 4 saturated carbocycles. The van der Waals surface area contributed by atoms with Crippen LogP contribution in [0, 0.1) is 55.8 Å². The van der Waals surface area contributed by atoms with Gasteiger partial charge in [0.15, 0.2) is 0 Å². The summed E-state index contributed by atoms with van der Waals surface area (Å²) in [6.45, 7) is 20.5.